The third-order valence-corrected chi connectivity index (χ3v) is 3.84. The molecule has 3 aromatic rings. The van der Waals surface area contributed by atoms with Gasteiger partial charge in [-0.05, 0) is 53.8 Å². The van der Waals surface area contributed by atoms with E-state index in [1.54, 1.807) is 31.5 Å². The Balaban J connectivity index is 1.84. The number of nitrogens with one attached hydrogen (secondary N) is 1. The highest BCUT2D eigenvalue weighted by molar-refractivity contribution is 14.1. The lowest BCUT2D eigenvalue weighted by Gasteiger charge is -2.08. The molecule has 0 saturated carbocycles. The van der Waals surface area contributed by atoms with E-state index in [9.17, 15) is 4.79 Å². The summed E-state index contributed by atoms with van der Waals surface area (Å²) in [4.78, 5) is 20.3. The molecule has 0 spiro atoms. The summed E-state index contributed by atoms with van der Waals surface area (Å²) < 4.78 is 7.92. The van der Waals surface area contributed by atoms with Crippen LogP contribution >= 0.6 is 22.6 Å². The number of carbonyl (C=O) groups is 1. The zero-order valence-corrected chi connectivity index (χ0v) is 13.9. The summed E-state index contributed by atoms with van der Waals surface area (Å²) in [5, 5.41) is 3.21. The van der Waals surface area contributed by atoms with E-state index in [2.05, 4.69) is 37.9 Å². The number of hydrogen-bond acceptors (Lipinski definition) is 5. The largest absolute Gasteiger partial charge is 0.462 e. The van der Waals surface area contributed by atoms with Gasteiger partial charge in [0, 0.05) is 18.1 Å². The van der Waals surface area contributed by atoms with Gasteiger partial charge in [-0.15, -0.1) is 0 Å². The van der Waals surface area contributed by atoms with Crippen molar-refractivity contribution in [2.75, 3.05) is 11.9 Å². The highest BCUT2D eigenvalue weighted by Gasteiger charge is 2.09. The predicted molar refractivity (Wildman–Crippen MR) is 91.4 cm³/mol. The Bertz CT molecular complexity index is 814. The van der Waals surface area contributed by atoms with Crippen LogP contribution in [0.1, 0.15) is 17.3 Å². The van der Waals surface area contributed by atoms with Crippen molar-refractivity contribution >= 4 is 45.7 Å². The third-order valence-electron chi connectivity index (χ3n) is 3.04. The number of anilines is 2. The zero-order chi connectivity index (χ0) is 15.5. The highest BCUT2D eigenvalue weighted by atomic mass is 127. The molecule has 0 fully saturated rings. The Hall–Kier alpha value is -2.16. The van der Waals surface area contributed by atoms with Gasteiger partial charge in [-0.3, -0.25) is 4.40 Å². The van der Waals surface area contributed by atoms with E-state index in [0.717, 1.165) is 15.0 Å². The molecule has 0 aliphatic rings. The molecule has 0 unspecified atom stereocenters. The van der Waals surface area contributed by atoms with Crippen molar-refractivity contribution in [2.24, 2.45) is 0 Å². The lowest BCUT2D eigenvalue weighted by atomic mass is 10.2. The summed E-state index contributed by atoms with van der Waals surface area (Å²) >= 11 is 2.21. The van der Waals surface area contributed by atoms with Gasteiger partial charge in [-0.25, -0.2) is 14.8 Å². The molecule has 3 rings (SSSR count). The Morgan fingerprint density at radius 2 is 2.09 bits per heavy atom. The summed E-state index contributed by atoms with van der Waals surface area (Å²) in [6.45, 7) is 2.15. The van der Waals surface area contributed by atoms with E-state index < -0.39 is 0 Å². The molecule has 0 atom stereocenters. The Labute approximate surface area is 140 Å². The first-order valence-electron chi connectivity index (χ1n) is 6.71. The van der Waals surface area contributed by atoms with Gasteiger partial charge in [0.05, 0.1) is 18.4 Å². The molecule has 0 radical (unpaired) electrons. The van der Waals surface area contributed by atoms with Crippen LogP contribution in [-0.4, -0.2) is 26.9 Å². The van der Waals surface area contributed by atoms with E-state index in [1.165, 1.54) is 0 Å². The van der Waals surface area contributed by atoms with E-state index in [4.69, 9.17) is 4.74 Å². The average molecular weight is 408 g/mol. The highest BCUT2D eigenvalue weighted by Crippen LogP contribution is 2.20. The molecule has 7 heteroatoms. The monoisotopic (exact) mass is 408 g/mol. The molecule has 0 amide bonds. The fourth-order valence-corrected chi connectivity index (χ4v) is 2.55. The summed E-state index contributed by atoms with van der Waals surface area (Å²) in [6.07, 6.45) is 5.36. The number of aromatic nitrogens is 3. The summed E-state index contributed by atoms with van der Waals surface area (Å²) in [5.74, 6) is 0.339. The molecule has 0 aliphatic heterocycles. The number of carbonyl (C=O) groups excluding carboxylic acids is 1. The molecule has 112 valence electrons. The van der Waals surface area contributed by atoms with Gasteiger partial charge in [0.2, 0.25) is 0 Å². The maximum Gasteiger partial charge on any atom is 0.338 e. The molecule has 6 nitrogen and oxygen atoms in total. The number of imidazole rings is 1. The van der Waals surface area contributed by atoms with Crippen molar-refractivity contribution in [3.05, 3.63) is 52.1 Å². The van der Waals surface area contributed by atoms with Crippen LogP contribution in [0.5, 0.6) is 0 Å². The van der Waals surface area contributed by atoms with Gasteiger partial charge in [0.25, 0.3) is 0 Å². The molecule has 1 N–H and O–H groups in total. The van der Waals surface area contributed by atoms with Gasteiger partial charge in [-0.1, -0.05) is 0 Å². The SMILES string of the molecule is CCOC(=O)c1ccc(Nc2nccn3c(I)cnc23)cc1. The number of esters is 1. The van der Waals surface area contributed by atoms with Crippen LogP contribution < -0.4 is 5.32 Å². The summed E-state index contributed by atoms with van der Waals surface area (Å²) in [7, 11) is 0. The number of rotatable bonds is 4. The standard InChI is InChI=1S/C15H13IN4O2/c1-2-22-15(21)10-3-5-11(6-4-10)19-13-14-18-9-12(16)20(14)8-7-17-13/h3-9H,2H2,1H3,(H,17,19). The quantitative estimate of drug-likeness (QED) is 0.530. The zero-order valence-electron chi connectivity index (χ0n) is 11.8. The minimum atomic E-state index is -0.322. The molecule has 22 heavy (non-hydrogen) atoms. The van der Waals surface area contributed by atoms with Gasteiger partial charge < -0.3 is 10.1 Å². The molecular formula is C15H13IN4O2. The van der Waals surface area contributed by atoms with E-state index >= 15 is 0 Å². The number of fused-ring (bicyclic) bond motifs is 1. The molecule has 1 aromatic carbocycles. The normalized spacial score (nSPS) is 10.6. The number of hydrogen-bond donors (Lipinski definition) is 1. The number of ether oxygens (including phenoxy) is 1. The molecule has 0 aliphatic carbocycles. The molecule has 0 saturated heterocycles. The second-order valence-corrected chi connectivity index (χ2v) is 5.58. The van der Waals surface area contributed by atoms with Crippen molar-refractivity contribution in [2.45, 2.75) is 6.92 Å². The Morgan fingerprint density at radius 3 is 2.82 bits per heavy atom. The van der Waals surface area contributed by atoms with Crippen molar-refractivity contribution in [1.82, 2.24) is 14.4 Å². The average Bonchev–Trinajstić information content (AvgIpc) is 2.91. The maximum absolute atomic E-state index is 11.6. The van der Waals surface area contributed by atoms with Crippen LogP contribution in [0.2, 0.25) is 0 Å². The lowest BCUT2D eigenvalue weighted by molar-refractivity contribution is 0.0526. The smallest absolute Gasteiger partial charge is 0.338 e. The van der Waals surface area contributed by atoms with Gasteiger partial charge in [0.15, 0.2) is 11.5 Å². The number of benzene rings is 1. The fourth-order valence-electron chi connectivity index (χ4n) is 2.02. The predicted octanol–water partition coefficient (Wildman–Crippen LogP) is 3.25. The van der Waals surface area contributed by atoms with Crippen LogP contribution in [0.25, 0.3) is 5.65 Å². The van der Waals surface area contributed by atoms with Crippen LogP contribution in [0, 0.1) is 3.70 Å². The van der Waals surface area contributed by atoms with Gasteiger partial charge >= 0.3 is 5.97 Å². The Kier molecular flexibility index (Phi) is 4.23. The van der Waals surface area contributed by atoms with Crippen molar-refractivity contribution in [3.8, 4) is 0 Å². The summed E-state index contributed by atoms with van der Waals surface area (Å²) in [6, 6.07) is 7.06. The second kappa shape index (κ2) is 6.30. The van der Waals surface area contributed by atoms with E-state index in [1.807, 2.05) is 22.7 Å². The Morgan fingerprint density at radius 1 is 1.32 bits per heavy atom. The first-order valence-corrected chi connectivity index (χ1v) is 7.78. The fraction of sp³-hybridized carbons (Fsp3) is 0.133. The maximum atomic E-state index is 11.6. The number of nitrogens with zero attached hydrogens (tertiary/aromatic N) is 3. The molecule has 2 heterocycles. The van der Waals surface area contributed by atoms with Crippen molar-refractivity contribution in [1.29, 1.82) is 0 Å². The summed E-state index contributed by atoms with van der Waals surface area (Å²) in [5.41, 5.74) is 2.10. The number of halogens is 1. The van der Waals surface area contributed by atoms with Gasteiger partial charge in [-0.2, -0.15) is 0 Å². The van der Waals surface area contributed by atoms with E-state index in [0.29, 0.717) is 18.0 Å². The minimum Gasteiger partial charge on any atom is -0.462 e. The van der Waals surface area contributed by atoms with Gasteiger partial charge in [0.1, 0.15) is 3.70 Å². The van der Waals surface area contributed by atoms with Crippen LogP contribution in [0.4, 0.5) is 11.5 Å². The van der Waals surface area contributed by atoms with Crippen LogP contribution in [-0.2, 0) is 4.74 Å². The second-order valence-electron chi connectivity index (χ2n) is 4.47. The molecule has 2 aromatic heterocycles. The first kappa shape index (κ1) is 14.8. The topological polar surface area (TPSA) is 68.5 Å². The van der Waals surface area contributed by atoms with Crippen molar-refractivity contribution < 1.29 is 9.53 Å². The third kappa shape index (κ3) is 2.89. The first-order chi connectivity index (χ1) is 10.7. The molecular weight excluding hydrogens is 395 g/mol. The van der Waals surface area contributed by atoms with E-state index in [-0.39, 0.29) is 5.97 Å². The minimum absolute atomic E-state index is 0.322. The van der Waals surface area contributed by atoms with Crippen molar-refractivity contribution in [3.63, 3.8) is 0 Å². The lowest BCUT2D eigenvalue weighted by Crippen LogP contribution is -2.04. The molecule has 0 bridgehead atoms. The van der Waals surface area contributed by atoms with Crippen LogP contribution in [0.15, 0.2) is 42.9 Å². The van der Waals surface area contributed by atoms with Crippen LogP contribution in [0.3, 0.4) is 0 Å².